The van der Waals surface area contributed by atoms with Gasteiger partial charge in [0.1, 0.15) is 0 Å². The molecular weight excluding hydrogens is 374 g/mol. The fourth-order valence-electron chi connectivity index (χ4n) is 2.19. The minimum Gasteiger partial charge on any atom is -0.493 e. The lowest BCUT2D eigenvalue weighted by Crippen LogP contribution is -2.20. The van der Waals surface area contributed by atoms with E-state index in [1.807, 2.05) is 0 Å². The number of carbonyl (C=O) groups excluding carboxylic acids is 3. The van der Waals surface area contributed by atoms with Crippen LogP contribution in [0.1, 0.15) is 20.7 Å². The average Bonchev–Trinajstić information content (AvgIpc) is 2.66. The number of nitrogens with two attached hydrogens (primary N) is 1. The van der Waals surface area contributed by atoms with Crippen molar-refractivity contribution >= 4 is 35.0 Å². The van der Waals surface area contributed by atoms with Gasteiger partial charge in [0.15, 0.2) is 18.1 Å². The molecule has 4 N–H and O–H groups in total. The van der Waals surface area contributed by atoms with E-state index in [1.165, 1.54) is 26.3 Å². The highest BCUT2D eigenvalue weighted by Crippen LogP contribution is 2.36. The van der Waals surface area contributed by atoms with E-state index in [1.54, 1.807) is 24.3 Å². The Morgan fingerprint density at radius 3 is 2.30 bits per heavy atom. The third-order valence-corrected chi connectivity index (χ3v) is 3.76. The summed E-state index contributed by atoms with van der Waals surface area (Å²) in [5.41, 5.74) is 6.23. The monoisotopic (exact) mass is 391 g/mol. The number of anilines is 1. The van der Waals surface area contributed by atoms with Crippen molar-refractivity contribution in [2.45, 2.75) is 0 Å². The Hall–Kier alpha value is -3.26. The molecule has 0 aliphatic heterocycles. The molecule has 0 bridgehead atoms. The molecule has 0 saturated carbocycles. The first kappa shape index (κ1) is 20.1. The molecular formula is C18H18ClN3O5. The average molecular weight is 392 g/mol. The molecule has 0 aliphatic rings. The molecule has 0 heterocycles. The van der Waals surface area contributed by atoms with Gasteiger partial charge in [-0.25, -0.2) is 0 Å². The van der Waals surface area contributed by atoms with Gasteiger partial charge in [-0.15, -0.1) is 0 Å². The summed E-state index contributed by atoms with van der Waals surface area (Å²) in [5, 5.41) is 5.30. The number of benzene rings is 2. The molecule has 0 spiro atoms. The van der Waals surface area contributed by atoms with Crippen LogP contribution in [0.15, 0.2) is 36.4 Å². The van der Waals surface area contributed by atoms with E-state index in [2.05, 4.69) is 10.6 Å². The van der Waals surface area contributed by atoms with Gasteiger partial charge < -0.3 is 25.8 Å². The van der Waals surface area contributed by atoms with Gasteiger partial charge in [0, 0.05) is 23.9 Å². The summed E-state index contributed by atoms with van der Waals surface area (Å²) in [6.45, 7) is -0.376. The van der Waals surface area contributed by atoms with Gasteiger partial charge in [-0.3, -0.25) is 14.4 Å². The molecule has 2 aromatic rings. The predicted octanol–water partition coefficient (Wildman–Crippen LogP) is 1.82. The first-order chi connectivity index (χ1) is 12.8. The Kier molecular flexibility index (Phi) is 6.62. The van der Waals surface area contributed by atoms with Crippen molar-refractivity contribution in [1.29, 1.82) is 0 Å². The molecule has 0 atom stereocenters. The van der Waals surface area contributed by atoms with Crippen molar-refractivity contribution in [2.75, 3.05) is 26.1 Å². The number of hydrogen-bond donors (Lipinski definition) is 3. The van der Waals surface area contributed by atoms with Crippen LogP contribution in [0.25, 0.3) is 0 Å². The number of carbonyl (C=O) groups is 3. The second-order valence-corrected chi connectivity index (χ2v) is 5.76. The molecule has 0 radical (unpaired) electrons. The number of rotatable bonds is 7. The molecule has 0 unspecified atom stereocenters. The summed E-state index contributed by atoms with van der Waals surface area (Å²) in [4.78, 5) is 34.9. The largest absolute Gasteiger partial charge is 0.493 e. The zero-order valence-electron chi connectivity index (χ0n) is 14.7. The maximum absolute atomic E-state index is 12.5. The number of amides is 3. The highest BCUT2D eigenvalue weighted by molar-refractivity contribution is 6.32. The first-order valence-electron chi connectivity index (χ1n) is 7.77. The van der Waals surface area contributed by atoms with Crippen LogP contribution in [0, 0.1) is 0 Å². The maximum atomic E-state index is 12.5. The Labute approximate surface area is 160 Å². The molecule has 2 rings (SSSR count). The summed E-state index contributed by atoms with van der Waals surface area (Å²) >= 11 is 6.13. The topological polar surface area (TPSA) is 120 Å². The molecule has 0 aromatic heterocycles. The maximum Gasteiger partial charge on any atom is 0.255 e. The van der Waals surface area contributed by atoms with Crippen molar-refractivity contribution in [2.24, 2.45) is 5.73 Å². The fraction of sp³-hybridized carbons (Fsp3) is 0.167. The van der Waals surface area contributed by atoms with E-state index in [-0.39, 0.29) is 34.6 Å². The van der Waals surface area contributed by atoms with E-state index in [4.69, 9.17) is 26.8 Å². The first-order valence-corrected chi connectivity index (χ1v) is 8.15. The lowest BCUT2D eigenvalue weighted by molar-refractivity contribution is -0.119. The van der Waals surface area contributed by atoms with E-state index < -0.39 is 11.8 Å². The Balaban J connectivity index is 2.19. The number of nitrogens with one attached hydrogen (secondary N) is 2. The van der Waals surface area contributed by atoms with Crippen LogP contribution >= 0.6 is 11.6 Å². The Bertz CT molecular complexity index is 868. The molecule has 9 heteroatoms. The van der Waals surface area contributed by atoms with Crippen molar-refractivity contribution < 1.29 is 23.9 Å². The minimum absolute atomic E-state index is 0.0933. The summed E-state index contributed by atoms with van der Waals surface area (Å²) in [5.74, 6) is -1.04. The van der Waals surface area contributed by atoms with Crippen molar-refractivity contribution in [3.63, 3.8) is 0 Å². The number of primary amides is 1. The standard InChI is InChI=1S/C18H18ClN3O5/c1-21-17(24)10-3-5-12(6-4-10)22-18(25)11-7-13(19)16(14(8-11)26-2)27-9-15(20)23/h3-8H,9H2,1-2H3,(H2,20,23)(H,21,24)(H,22,25). The SMILES string of the molecule is CNC(=O)c1ccc(NC(=O)c2cc(Cl)c(OCC(N)=O)c(OC)c2)cc1. The number of ether oxygens (including phenoxy) is 2. The van der Waals surface area contributed by atoms with Crippen LogP contribution < -0.4 is 25.8 Å². The van der Waals surface area contributed by atoms with Gasteiger partial charge in [-0.05, 0) is 36.4 Å². The van der Waals surface area contributed by atoms with E-state index in [0.29, 0.717) is 11.3 Å². The highest BCUT2D eigenvalue weighted by atomic mass is 35.5. The van der Waals surface area contributed by atoms with Crippen molar-refractivity contribution in [3.8, 4) is 11.5 Å². The second-order valence-electron chi connectivity index (χ2n) is 5.36. The lowest BCUT2D eigenvalue weighted by atomic mass is 10.1. The summed E-state index contributed by atoms with van der Waals surface area (Å²) in [6, 6.07) is 9.19. The van der Waals surface area contributed by atoms with E-state index in [9.17, 15) is 14.4 Å². The zero-order valence-corrected chi connectivity index (χ0v) is 15.4. The molecule has 142 valence electrons. The van der Waals surface area contributed by atoms with Gasteiger partial charge in [0.05, 0.1) is 12.1 Å². The molecule has 8 nitrogen and oxygen atoms in total. The second kappa shape index (κ2) is 8.91. The van der Waals surface area contributed by atoms with Crippen LogP contribution in [0.3, 0.4) is 0 Å². The minimum atomic E-state index is -0.671. The number of hydrogen-bond acceptors (Lipinski definition) is 5. The molecule has 0 aliphatic carbocycles. The van der Waals surface area contributed by atoms with E-state index >= 15 is 0 Å². The number of halogens is 1. The zero-order chi connectivity index (χ0) is 20.0. The lowest BCUT2D eigenvalue weighted by Gasteiger charge is -2.13. The van der Waals surface area contributed by atoms with Crippen molar-refractivity contribution in [3.05, 3.63) is 52.5 Å². The highest BCUT2D eigenvalue weighted by Gasteiger charge is 2.17. The van der Waals surface area contributed by atoms with Gasteiger partial charge in [0.2, 0.25) is 0 Å². The molecule has 0 fully saturated rings. The van der Waals surface area contributed by atoms with Crippen LogP contribution in [0.4, 0.5) is 5.69 Å². The van der Waals surface area contributed by atoms with Crippen LogP contribution in [0.2, 0.25) is 5.02 Å². The predicted molar refractivity (Wildman–Crippen MR) is 100 cm³/mol. The quantitative estimate of drug-likeness (QED) is 0.665. The van der Waals surface area contributed by atoms with Gasteiger partial charge in [0.25, 0.3) is 17.7 Å². The van der Waals surface area contributed by atoms with Crippen LogP contribution in [-0.2, 0) is 4.79 Å². The summed E-state index contributed by atoms with van der Waals surface area (Å²) in [7, 11) is 2.91. The normalized spacial score (nSPS) is 10.0. The molecule has 2 aromatic carbocycles. The van der Waals surface area contributed by atoms with Gasteiger partial charge in [-0.1, -0.05) is 11.6 Å². The third kappa shape index (κ3) is 5.11. The summed E-state index contributed by atoms with van der Waals surface area (Å²) < 4.78 is 10.4. The van der Waals surface area contributed by atoms with E-state index in [0.717, 1.165) is 0 Å². The fourth-order valence-corrected chi connectivity index (χ4v) is 2.45. The van der Waals surface area contributed by atoms with Gasteiger partial charge >= 0.3 is 0 Å². The van der Waals surface area contributed by atoms with Crippen LogP contribution in [0.5, 0.6) is 11.5 Å². The molecule has 27 heavy (non-hydrogen) atoms. The third-order valence-electron chi connectivity index (χ3n) is 3.48. The molecule has 0 saturated heterocycles. The Morgan fingerprint density at radius 1 is 1.07 bits per heavy atom. The van der Waals surface area contributed by atoms with Crippen molar-refractivity contribution in [1.82, 2.24) is 5.32 Å². The smallest absolute Gasteiger partial charge is 0.255 e. The summed E-state index contributed by atoms with van der Waals surface area (Å²) in [6.07, 6.45) is 0. The van der Waals surface area contributed by atoms with Crippen LogP contribution in [-0.4, -0.2) is 38.5 Å². The Morgan fingerprint density at radius 2 is 1.74 bits per heavy atom. The number of methoxy groups -OCH3 is 1. The molecule has 3 amide bonds. The van der Waals surface area contributed by atoms with Gasteiger partial charge in [-0.2, -0.15) is 0 Å².